The number of hydrogen-bond acceptors (Lipinski definition) is 3. The Balaban J connectivity index is 1.81. The molecule has 6 nitrogen and oxygen atoms in total. The number of rotatable bonds is 4. The molecule has 2 fully saturated rings. The van der Waals surface area contributed by atoms with Crippen LogP contribution in [0, 0.1) is 22.6 Å². The molecule has 28 heavy (non-hydrogen) atoms. The lowest BCUT2D eigenvalue weighted by atomic mass is 10.3. The Morgan fingerprint density at radius 3 is 1.89 bits per heavy atom. The largest absolute Gasteiger partial charge is 0.379 e. The molecular weight excluding hydrogens is 486 g/mol. The summed E-state index contributed by atoms with van der Waals surface area (Å²) in [5, 5.41) is 11.0. The van der Waals surface area contributed by atoms with E-state index in [4.69, 9.17) is 9.47 Å². The molecule has 0 spiro atoms. The Bertz CT molecular complexity index is 849. The third kappa shape index (κ3) is 3.73. The van der Waals surface area contributed by atoms with E-state index in [0.717, 1.165) is 31.9 Å². The van der Waals surface area contributed by atoms with Crippen LogP contribution in [0.3, 0.4) is 0 Å². The standard InChI is InChI=1S/C20H28IN4O2P/c1-16-15-20(17(2)25(16)19-5-3-18(21)4-6-19)28(22,23-7-11-26-12-8-23)24-9-13-27-14-10-24/h3-6,15,22H,7-14H2,1-2H3. The maximum Gasteiger partial charge on any atom is 0.126 e. The molecule has 0 atom stereocenters. The Morgan fingerprint density at radius 1 is 0.893 bits per heavy atom. The van der Waals surface area contributed by atoms with Crippen molar-refractivity contribution in [2.24, 2.45) is 0 Å². The van der Waals surface area contributed by atoms with Gasteiger partial charge in [-0.15, -0.1) is 0 Å². The van der Waals surface area contributed by atoms with Crippen molar-refractivity contribution in [3.8, 4) is 5.69 Å². The van der Waals surface area contributed by atoms with Gasteiger partial charge in [0.25, 0.3) is 0 Å². The summed E-state index contributed by atoms with van der Waals surface area (Å²) in [5.74, 6) is 0. The summed E-state index contributed by atoms with van der Waals surface area (Å²) in [7, 11) is -2.41. The molecule has 2 aromatic rings. The molecule has 8 heteroatoms. The monoisotopic (exact) mass is 514 g/mol. The van der Waals surface area contributed by atoms with Crippen LogP contribution in [0.25, 0.3) is 5.69 Å². The quantitative estimate of drug-likeness (QED) is 0.501. The van der Waals surface area contributed by atoms with E-state index in [-0.39, 0.29) is 0 Å². The van der Waals surface area contributed by atoms with Gasteiger partial charge in [-0.05, 0) is 66.8 Å². The minimum Gasteiger partial charge on any atom is -0.379 e. The van der Waals surface area contributed by atoms with Crippen LogP contribution in [0.2, 0.25) is 0 Å². The van der Waals surface area contributed by atoms with Gasteiger partial charge in [0.1, 0.15) is 7.36 Å². The van der Waals surface area contributed by atoms with E-state index in [9.17, 15) is 5.16 Å². The number of hydrogen-bond donors (Lipinski definition) is 1. The van der Waals surface area contributed by atoms with Crippen molar-refractivity contribution < 1.29 is 9.47 Å². The second kappa shape index (κ2) is 8.58. The summed E-state index contributed by atoms with van der Waals surface area (Å²) in [4.78, 5) is 0. The Labute approximate surface area is 180 Å². The summed E-state index contributed by atoms with van der Waals surface area (Å²) in [6.45, 7) is 10.4. The molecule has 1 aromatic heterocycles. The molecule has 2 aliphatic heterocycles. The van der Waals surface area contributed by atoms with Crippen molar-refractivity contribution in [1.29, 1.82) is 5.16 Å². The van der Waals surface area contributed by atoms with Gasteiger partial charge < -0.3 is 14.0 Å². The van der Waals surface area contributed by atoms with Gasteiger partial charge >= 0.3 is 0 Å². The first-order chi connectivity index (χ1) is 13.5. The Kier molecular flexibility index (Phi) is 6.30. The highest BCUT2D eigenvalue weighted by molar-refractivity contribution is 14.1. The van der Waals surface area contributed by atoms with Crippen LogP contribution in [0.4, 0.5) is 0 Å². The zero-order valence-electron chi connectivity index (χ0n) is 16.5. The predicted molar refractivity (Wildman–Crippen MR) is 122 cm³/mol. The number of ether oxygens (including phenoxy) is 2. The van der Waals surface area contributed by atoms with Gasteiger partial charge in [-0.1, -0.05) is 0 Å². The fourth-order valence-corrected chi connectivity index (χ4v) is 7.95. The molecule has 0 saturated carbocycles. The normalized spacial score (nSPS) is 19.8. The lowest BCUT2D eigenvalue weighted by Crippen LogP contribution is -2.46. The Morgan fingerprint density at radius 2 is 1.39 bits per heavy atom. The van der Waals surface area contributed by atoms with Gasteiger partial charge in [0, 0.05) is 52.1 Å². The van der Waals surface area contributed by atoms with Crippen LogP contribution in [0.1, 0.15) is 11.4 Å². The number of benzene rings is 1. The highest BCUT2D eigenvalue weighted by Gasteiger charge is 2.38. The minimum absolute atomic E-state index is 0.709. The summed E-state index contributed by atoms with van der Waals surface area (Å²) >= 11 is 2.34. The van der Waals surface area contributed by atoms with Crippen LogP contribution in [0.5, 0.6) is 0 Å². The van der Waals surface area contributed by atoms with Crippen molar-refractivity contribution in [1.82, 2.24) is 13.9 Å². The van der Waals surface area contributed by atoms with E-state index in [0.29, 0.717) is 26.4 Å². The Hall–Kier alpha value is -0.700. The van der Waals surface area contributed by atoms with Gasteiger partial charge in [-0.25, -0.2) is 9.34 Å². The molecular formula is C20H28IN4O2P. The average Bonchev–Trinajstić information content (AvgIpc) is 3.04. The summed E-state index contributed by atoms with van der Waals surface area (Å²) in [6, 6.07) is 10.9. The van der Waals surface area contributed by atoms with Gasteiger partial charge in [0.15, 0.2) is 0 Å². The molecule has 0 radical (unpaired) electrons. The van der Waals surface area contributed by atoms with Crippen LogP contribution in [-0.2, 0) is 9.47 Å². The molecule has 2 saturated heterocycles. The second-order valence-corrected chi connectivity index (χ2v) is 11.4. The second-order valence-electron chi connectivity index (χ2n) is 7.30. The van der Waals surface area contributed by atoms with Gasteiger partial charge in [-0.2, -0.15) is 0 Å². The maximum atomic E-state index is 9.84. The molecule has 3 heterocycles. The van der Waals surface area contributed by atoms with Gasteiger partial charge in [0.05, 0.1) is 26.4 Å². The third-order valence-electron chi connectivity index (χ3n) is 5.62. The van der Waals surface area contributed by atoms with E-state index >= 15 is 0 Å². The van der Waals surface area contributed by atoms with E-state index in [1.165, 1.54) is 20.3 Å². The molecule has 0 bridgehead atoms. The van der Waals surface area contributed by atoms with Crippen LogP contribution in [-0.4, -0.2) is 66.5 Å². The van der Waals surface area contributed by atoms with Gasteiger partial charge in [-0.3, -0.25) is 5.16 Å². The fraction of sp³-hybridized carbons (Fsp3) is 0.500. The molecule has 0 aliphatic carbocycles. The molecule has 0 amide bonds. The average molecular weight is 514 g/mol. The third-order valence-corrected chi connectivity index (χ3v) is 9.90. The summed E-state index contributed by atoms with van der Waals surface area (Å²) in [5.41, 5.74) is 3.53. The van der Waals surface area contributed by atoms with Crippen molar-refractivity contribution in [3.63, 3.8) is 0 Å². The zero-order valence-corrected chi connectivity index (χ0v) is 19.6. The van der Waals surface area contributed by atoms with Crippen molar-refractivity contribution in [2.45, 2.75) is 13.8 Å². The van der Waals surface area contributed by atoms with Crippen LogP contribution >= 0.6 is 29.9 Å². The van der Waals surface area contributed by atoms with E-state index < -0.39 is 7.36 Å². The van der Waals surface area contributed by atoms with Crippen LogP contribution in [0.15, 0.2) is 30.3 Å². The number of aromatic nitrogens is 1. The minimum atomic E-state index is -2.41. The lowest BCUT2D eigenvalue weighted by molar-refractivity contribution is 0.0575. The van der Waals surface area contributed by atoms with Crippen LogP contribution < -0.4 is 5.30 Å². The van der Waals surface area contributed by atoms with E-state index in [1.807, 2.05) is 0 Å². The SMILES string of the molecule is Cc1cc(P(=N)(N2CCOCC2)N2CCOCC2)c(C)n1-c1ccc(I)cc1. The number of nitrogens with zero attached hydrogens (tertiary/aromatic N) is 3. The summed E-state index contributed by atoms with van der Waals surface area (Å²) < 4.78 is 19.5. The lowest BCUT2D eigenvalue weighted by Gasteiger charge is -2.45. The van der Waals surface area contributed by atoms with Crippen molar-refractivity contribution in [3.05, 3.63) is 45.3 Å². The first-order valence-electron chi connectivity index (χ1n) is 9.78. The molecule has 4 rings (SSSR count). The smallest absolute Gasteiger partial charge is 0.126 e. The molecule has 2 aliphatic rings. The molecule has 0 unspecified atom stereocenters. The number of nitrogens with one attached hydrogen (secondary N) is 1. The molecule has 1 N–H and O–H groups in total. The zero-order chi connectivity index (χ0) is 19.7. The molecule has 152 valence electrons. The number of morpholine rings is 2. The first kappa shape index (κ1) is 20.6. The predicted octanol–water partition coefficient (Wildman–Crippen LogP) is 3.60. The summed E-state index contributed by atoms with van der Waals surface area (Å²) in [6.07, 6.45) is 0. The number of aryl methyl sites for hydroxylation is 1. The number of halogens is 1. The first-order valence-corrected chi connectivity index (χ1v) is 12.5. The molecule has 1 aromatic carbocycles. The fourth-order valence-electron chi connectivity index (χ4n) is 4.22. The van der Waals surface area contributed by atoms with Crippen molar-refractivity contribution >= 4 is 35.3 Å². The highest BCUT2D eigenvalue weighted by Crippen LogP contribution is 2.54. The topological polar surface area (TPSA) is 53.7 Å². The highest BCUT2D eigenvalue weighted by atomic mass is 127. The van der Waals surface area contributed by atoms with Gasteiger partial charge in [0.2, 0.25) is 0 Å². The van der Waals surface area contributed by atoms with E-state index in [2.05, 4.69) is 80.7 Å². The maximum absolute atomic E-state index is 9.84. The van der Waals surface area contributed by atoms with E-state index in [1.54, 1.807) is 0 Å². The van der Waals surface area contributed by atoms with Crippen molar-refractivity contribution in [2.75, 3.05) is 52.6 Å².